The van der Waals surface area contributed by atoms with E-state index in [2.05, 4.69) is 10.6 Å². The highest BCUT2D eigenvalue weighted by Crippen LogP contribution is 2.13. The van der Waals surface area contributed by atoms with Crippen LogP contribution in [0.2, 0.25) is 0 Å². The molecule has 0 aliphatic carbocycles. The normalized spacial score (nSPS) is 17.6. The second-order valence-electron chi connectivity index (χ2n) is 6.32. The van der Waals surface area contributed by atoms with Crippen LogP contribution in [0, 0.1) is 12.8 Å². The Kier molecular flexibility index (Phi) is 5.36. The summed E-state index contributed by atoms with van der Waals surface area (Å²) < 4.78 is 0. The molecule has 23 heavy (non-hydrogen) atoms. The van der Waals surface area contributed by atoms with Gasteiger partial charge in [-0.2, -0.15) is 0 Å². The van der Waals surface area contributed by atoms with E-state index in [4.69, 9.17) is 0 Å². The number of hydrogen-bond acceptors (Lipinski definition) is 3. The lowest BCUT2D eigenvalue weighted by atomic mass is 10.0. The van der Waals surface area contributed by atoms with Crippen molar-refractivity contribution in [2.45, 2.75) is 39.8 Å². The summed E-state index contributed by atoms with van der Waals surface area (Å²) in [4.78, 5) is 37.0. The van der Waals surface area contributed by atoms with Gasteiger partial charge in [0, 0.05) is 6.54 Å². The molecule has 0 bridgehead atoms. The molecule has 1 aliphatic heterocycles. The third kappa shape index (κ3) is 4.55. The van der Waals surface area contributed by atoms with Crippen molar-refractivity contribution in [3.8, 4) is 0 Å². The Labute approximate surface area is 136 Å². The second kappa shape index (κ2) is 7.26. The monoisotopic (exact) mass is 317 g/mol. The van der Waals surface area contributed by atoms with Gasteiger partial charge >= 0.3 is 6.03 Å². The van der Waals surface area contributed by atoms with Crippen LogP contribution in [0.15, 0.2) is 24.3 Å². The lowest BCUT2D eigenvalue weighted by Gasteiger charge is -2.14. The summed E-state index contributed by atoms with van der Waals surface area (Å²) in [6, 6.07) is 6.79. The van der Waals surface area contributed by atoms with Crippen LogP contribution in [-0.4, -0.2) is 35.3 Å². The number of carbonyl (C=O) groups is 3. The average Bonchev–Trinajstić information content (AvgIpc) is 2.73. The number of nitrogens with one attached hydrogen (secondary N) is 2. The predicted octanol–water partition coefficient (Wildman–Crippen LogP) is 1.58. The van der Waals surface area contributed by atoms with E-state index in [1.807, 2.05) is 45.0 Å². The highest BCUT2D eigenvalue weighted by Gasteiger charge is 2.38. The van der Waals surface area contributed by atoms with Crippen LogP contribution in [0.1, 0.15) is 31.4 Å². The van der Waals surface area contributed by atoms with Crippen LogP contribution in [0.4, 0.5) is 4.79 Å². The van der Waals surface area contributed by atoms with Crippen LogP contribution in [0.3, 0.4) is 0 Å². The summed E-state index contributed by atoms with van der Waals surface area (Å²) in [5.41, 5.74) is 2.12. The number of rotatable bonds is 6. The highest BCUT2D eigenvalue weighted by molar-refractivity contribution is 6.06. The summed E-state index contributed by atoms with van der Waals surface area (Å²) in [6.07, 6.45) is 0.575. The molecule has 0 unspecified atom stereocenters. The molecule has 124 valence electrons. The van der Waals surface area contributed by atoms with E-state index in [-0.39, 0.29) is 18.4 Å². The molecule has 1 atom stereocenters. The van der Waals surface area contributed by atoms with Crippen molar-refractivity contribution < 1.29 is 14.4 Å². The quantitative estimate of drug-likeness (QED) is 0.782. The Morgan fingerprint density at radius 1 is 1.26 bits per heavy atom. The Balaban J connectivity index is 1.86. The molecule has 4 amide bonds. The Morgan fingerprint density at radius 3 is 2.52 bits per heavy atom. The SMILES string of the molecule is Cc1ccc(CNC(=O)CN2C(=O)N[C@@H](CC(C)C)C2=O)cc1. The topological polar surface area (TPSA) is 78.5 Å². The van der Waals surface area contributed by atoms with Crippen molar-refractivity contribution in [2.24, 2.45) is 5.92 Å². The lowest BCUT2D eigenvalue weighted by Crippen LogP contribution is -2.41. The van der Waals surface area contributed by atoms with E-state index < -0.39 is 12.1 Å². The van der Waals surface area contributed by atoms with E-state index in [0.29, 0.717) is 18.9 Å². The minimum atomic E-state index is -0.521. The number of nitrogens with zero attached hydrogens (tertiary/aromatic N) is 1. The van der Waals surface area contributed by atoms with E-state index in [0.717, 1.165) is 16.0 Å². The number of aryl methyl sites for hydroxylation is 1. The molecule has 2 rings (SSSR count). The number of benzene rings is 1. The van der Waals surface area contributed by atoms with Gasteiger partial charge in [-0.25, -0.2) is 4.79 Å². The van der Waals surface area contributed by atoms with E-state index in [1.54, 1.807) is 0 Å². The first kappa shape index (κ1) is 17.0. The van der Waals surface area contributed by atoms with Crippen LogP contribution < -0.4 is 10.6 Å². The van der Waals surface area contributed by atoms with Gasteiger partial charge in [-0.1, -0.05) is 43.7 Å². The summed E-state index contributed by atoms with van der Waals surface area (Å²) >= 11 is 0. The van der Waals surface area contributed by atoms with Gasteiger partial charge in [-0.3, -0.25) is 14.5 Å². The van der Waals surface area contributed by atoms with Gasteiger partial charge in [0.1, 0.15) is 12.6 Å². The Bertz CT molecular complexity index is 596. The molecule has 1 saturated heterocycles. The minimum Gasteiger partial charge on any atom is -0.350 e. The third-order valence-corrected chi connectivity index (χ3v) is 3.73. The van der Waals surface area contributed by atoms with Crippen LogP contribution in [0.5, 0.6) is 0 Å². The number of urea groups is 1. The maximum absolute atomic E-state index is 12.2. The molecular weight excluding hydrogens is 294 g/mol. The standard InChI is InChI=1S/C17H23N3O3/c1-11(2)8-14-16(22)20(17(23)19-14)10-15(21)18-9-13-6-4-12(3)5-7-13/h4-7,11,14H,8-10H2,1-3H3,(H,18,21)(H,19,23)/t14-/m0/s1. The highest BCUT2D eigenvalue weighted by atomic mass is 16.2. The van der Waals surface area contributed by atoms with Gasteiger partial charge < -0.3 is 10.6 Å². The molecule has 6 nitrogen and oxygen atoms in total. The fourth-order valence-corrected chi connectivity index (χ4v) is 2.46. The zero-order chi connectivity index (χ0) is 17.0. The molecule has 1 heterocycles. The first-order valence-corrected chi connectivity index (χ1v) is 7.81. The third-order valence-electron chi connectivity index (χ3n) is 3.73. The average molecular weight is 317 g/mol. The van der Waals surface area contributed by atoms with Gasteiger partial charge in [-0.15, -0.1) is 0 Å². The molecule has 6 heteroatoms. The fourth-order valence-electron chi connectivity index (χ4n) is 2.46. The first-order valence-electron chi connectivity index (χ1n) is 7.81. The van der Waals surface area contributed by atoms with Crippen LogP contribution in [-0.2, 0) is 16.1 Å². The number of amides is 4. The van der Waals surface area contributed by atoms with Crippen molar-refractivity contribution in [1.29, 1.82) is 0 Å². The smallest absolute Gasteiger partial charge is 0.325 e. The van der Waals surface area contributed by atoms with Gasteiger partial charge in [0.2, 0.25) is 5.91 Å². The number of imide groups is 1. The molecule has 0 radical (unpaired) electrons. The Hall–Kier alpha value is -2.37. The minimum absolute atomic E-state index is 0.245. The number of carbonyl (C=O) groups excluding carboxylic acids is 3. The lowest BCUT2D eigenvalue weighted by molar-refractivity contribution is -0.132. The van der Waals surface area contributed by atoms with E-state index >= 15 is 0 Å². The van der Waals surface area contributed by atoms with Crippen molar-refractivity contribution in [2.75, 3.05) is 6.54 Å². The summed E-state index contributed by atoms with van der Waals surface area (Å²) in [7, 11) is 0. The predicted molar refractivity (Wildman–Crippen MR) is 86.5 cm³/mol. The van der Waals surface area contributed by atoms with E-state index in [1.165, 1.54) is 0 Å². The maximum Gasteiger partial charge on any atom is 0.325 e. The zero-order valence-electron chi connectivity index (χ0n) is 13.8. The molecule has 2 N–H and O–H groups in total. The molecule has 0 spiro atoms. The Morgan fingerprint density at radius 2 is 1.91 bits per heavy atom. The van der Waals surface area contributed by atoms with Gasteiger partial charge in [0.15, 0.2) is 0 Å². The molecular formula is C17H23N3O3. The largest absolute Gasteiger partial charge is 0.350 e. The van der Waals surface area contributed by atoms with Gasteiger partial charge in [0.25, 0.3) is 5.91 Å². The molecule has 1 aromatic carbocycles. The molecule has 1 aromatic rings. The van der Waals surface area contributed by atoms with Crippen molar-refractivity contribution >= 4 is 17.8 Å². The maximum atomic E-state index is 12.2. The van der Waals surface area contributed by atoms with Crippen LogP contribution in [0.25, 0.3) is 0 Å². The number of hydrogen-bond donors (Lipinski definition) is 2. The summed E-state index contributed by atoms with van der Waals surface area (Å²) in [5.74, 6) is -0.381. The molecule has 1 fully saturated rings. The molecule has 1 aliphatic rings. The molecule has 0 aromatic heterocycles. The van der Waals surface area contributed by atoms with Crippen molar-refractivity contribution in [3.05, 3.63) is 35.4 Å². The van der Waals surface area contributed by atoms with E-state index in [9.17, 15) is 14.4 Å². The zero-order valence-corrected chi connectivity index (χ0v) is 13.8. The van der Waals surface area contributed by atoms with Gasteiger partial charge in [-0.05, 0) is 24.8 Å². The van der Waals surface area contributed by atoms with Crippen molar-refractivity contribution in [1.82, 2.24) is 15.5 Å². The van der Waals surface area contributed by atoms with Crippen molar-refractivity contribution in [3.63, 3.8) is 0 Å². The first-order chi connectivity index (χ1) is 10.9. The summed E-state index contributed by atoms with van der Waals surface area (Å²) in [6.45, 7) is 6.09. The van der Waals surface area contributed by atoms with Gasteiger partial charge in [0.05, 0.1) is 0 Å². The van der Waals surface area contributed by atoms with Crippen LogP contribution >= 0.6 is 0 Å². The summed E-state index contributed by atoms with van der Waals surface area (Å²) in [5, 5.41) is 5.36. The second-order valence-corrected chi connectivity index (χ2v) is 6.32. The molecule has 0 saturated carbocycles. The fraction of sp³-hybridized carbons (Fsp3) is 0.471.